The maximum Gasteiger partial charge on any atom is 0.0687 e. The number of anilines is 1. The molecule has 0 fully saturated rings. The summed E-state index contributed by atoms with van der Waals surface area (Å²) in [6.45, 7) is 4.82. The second-order valence-electron chi connectivity index (χ2n) is 4.52. The summed E-state index contributed by atoms with van der Waals surface area (Å²) in [5.41, 5.74) is 2.72. The van der Waals surface area contributed by atoms with E-state index in [2.05, 4.69) is 36.1 Å². The number of nitrogens with zero attached hydrogens (tertiary/aromatic N) is 1. The topological polar surface area (TPSA) is 23.5 Å². The minimum absolute atomic E-state index is 0.265. The smallest absolute Gasteiger partial charge is 0.0687 e. The highest BCUT2D eigenvalue weighted by Crippen LogP contribution is 2.30. The summed E-state index contributed by atoms with van der Waals surface area (Å²) >= 11 is 0. The molecule has 2 atom stereocenters. The van der Waals surface area contributed by atoms with Gasteiger partial charge in [0.15, 0.2) is 0 Å². The Morgan fingerprint density at radius 3 is 2.93 bits per heavy atom. The van der Waals surface area contributed by atoms with Crippen LogP contribution in [0.1, 0.15) is 25.8 Å². The molecule has 0 saturated carbocycles. The molecule has 1 aliphatic heterocycles. The van der Waals surface area contributed by atoms with Crippen molar-refractivity contribution in [3.63, 3.8) is 0 Å². The Hall–Kier alpha value is -1.02. The van der Waals surface area contributed by atoms with E-state index in [0.29, 0.717) is 6.04 Å². The van der Waals surface area contributed by atoms with Crippen molar-refractivity contribution in [2.45, 2.75) is 38.8 Å². The van der Waals surface area contributed by atoms with Crippen molar-refractivity contribution in [1.29, 1.82) is 0 Å². The minimum Gasteiger partial charge on any atom is -0.392 e. The van der Waals surface area contributed by atoms with Crippen LogP contribution in [0.2, 0.25) is 0 Å². The van der Waals surface area contributed by atoms with Gasteiger partial charge in [-0.2, -0.15) is 0 Å². The monoisotopic (exact) mass is 205 g/mol. The van der Waals surface area contributed by atoms with E-state index >= 15 is 0 Å². The largest absolute Gasteiger partial charge is 0.392 e. The van der Waals surface area contributed by atoms with Crippen LogP contribution in [0, 0.1) is 0 Å². The Balaban J connectivity index is 2.28. The first-order valence-electron chi connectivity index (χ1n) is 5.71. The molecule has 15 heavy (non-hydrogen) atoms. The number of aliphatic hydroxyl groups is 1. The van der Waals surface area contributed by atoms with Gasteiger partial charge < -0.3 is 10.0 Å². The predicted octanol–water partition coefficient (Wildman–Crippen LogP) is 2.21. The fourth-order valence-electron chi connectivity index (χ4n) is 2.32. The van der Waals surface area contributed by atoms with Crippen molar-refractivity contribution in [3.8, 4) is 0 Å². The van der Waals surface area contributed by atoms with Crippen LogP contribution < -0.4 is 4.90 Å². The molecule has 0 bridgehead atoms. The van der Waals surface area contributed by atoms with Gasteiger partial charge in [0.1, 0.15) is 0 Å². The molecule has 1 aromatic carbocycles. The molecule has 1 N–H and O–H groups in total. The third kappa shape index (κ3) is 2.15. The van der Waals surface area contributed by atoms with Crippen LogP contribution in [0.15, 0.2) is 24.3 Å². The van der Waals surface area contributed by atoms with Crippen molar-refractivity contribution in [2.24, 2.45) is 0 Å². The Morgan fingerprint density at radius 1 is 1.47 bits per heavy atom. The summed E-state index contributed by atoms with van der Waals surface area (Å²) in [5.74, 6) is 0. The van der Waals surface area contributed by atoms with Crippen molar-refractivity contribution in [1.82, 2.24) is 0 Å². The summed E-state index contributed by atoms with van der Waals surface area (Å²) < 4.78 is 0. The maximum atomic E-state index is 9.51. The Morgan fingerprint density at radius 2 is 2.20 bits per heavy atom. The number of fused-ring (bicyclic) bond motifs is 1. The van der Waals surface area contributed by atoms with E-state index in [1.807, 2.05) is 6.92 Å². The van der Waals surface area contributed by atoms with E-state index in [-0.39, 0.29) is 6.10 Å². The van der Waals surface area contributed by atoms with Crippen LogP contribution in [0.5, 0.6) is 0 Å². The van der Waals surface area contributed by atoms with Crippen LogP contribution in [-0.2, 0) is 6.42 Å². The van der Waals surface area contributed by atoms with Gasteiger partial charge >= 0.3 is 0 Å². The molecule has 2 nitrogen and oxygen atoms in total. The Kier molecular flexibility index (Phi) is 2.96. The summed E-state index contributed by atoms with van der Waals surface area (Å²) in [4.78, 5) is 2.32. The van der Waals surface area contributed by atoms with E-state index < -0.39 is 0 Å². The molecule has 0 aliphatic carbocycles. The van der Waals surface area contributed by atoms with Gasteiger partial charge in [-0.1, -0.05) is 18.2 Å². The molecule has 82 valence electrons. The zero-order valence-electron chi connectivity index (χ0n) is 9.48. The van der Waals surface area contributed by atoms with Gasteiger partial charge in [-0.25, -0.2) is 0 Å². The van der Waals surface area contributed by atoms with Gasteiger partial charge in [-0.3, -0.25) is 0 Å². The molecular formula is C13H19NO. The highest BCUT2D eigenvalue weighted by atomic mass is 16.3. The van der Waals surface area contributed by atoms with E-state index in [1.54, 1.807) is 0 Å². The zero-order valence-corrected chi connectivity index (χ0v) is 9.48. The summed E-state index contributed by atoms with van der Waals surface area (Å²) in [6.07, 6.45) is 2.08. The zero-order chi connectivity index (χ0) is 10.8. The lowest BCUT2D eigenvalue weighted by molar-refractivity contribution is 0.196. The lowest BCUT2D eigenvalue weighted by Gasteiger charge is -2.37. The molecule has 2 heteroatoms. The van der Waals surface area contributed by atoms with Crippen LogP contribution in [0.3, 0.4) is 0 Å². The molecule has 1 aromatic rings. The lowest BCUT2D eigenvalue weighted by Crippen LogP contribution is -2.41. The summed E-state index contributed by atoms with van der Waals surface area (Å²) in [5, 5.41) is 9.51. The lowest BCUT2D eigenvalue weighted by atomic mass is 9.96. The second kappa shape index (κ2) is 4.23. The molecule has 1 unspecified atom stereocenters. The standard InChI is InChI=1S/C13H19NO/c1-10-7-8-12-5-3-4-6-13(12)14(10)9-11(2)15/h3-6,10-11,15H,7-9H2,1-2H3/t10?,11-/m1/s1. The first kappa shape index (κ1) is 10.5. The normalized spacial score (nSPS) is 22.3. The number of rotatable bonds is 2. The van der Waals surface area contributed by atoms with Crippen molar-refractivity contribution in [3.05, 3.63) is 29.8 Å². The number of benzene rings is 1. The SMILES string of the molecule is CC1CCc2ccccc2N1C[C@@H](C)O. The average molecular weight is 205 g/mol. The highest BCUT2D eigenvalue weighted by Gasteiger charge is 2.23. The Bertz CT molecular complexity index is 335. The molecule has 0 saturated heterocycles. The van der Waals surface area contributed by atoms with Gasteiger partial charge in [-0.15, -0.1) is 0 Å². The number of hydrogen-bond donors (Lipinski definition) is 1. The van der Waals surface area contributed by atoms with E-state index in [1.165, 1.54) is 17.7 Å². The number of aryl methyl sites for hydroxylation is 1. The van der Waals surface area contributed by atoms with Gasteiger partial charge in [0.25, 0.3) is 0 Å². The molecule has 0 spiro atoms. The van der Waals surface area contributed by atoms with E-state index in [4.69, 9.17) is 0 Å². The van der Waals surface area contributed by atoms with Crippen molar-refractivity contribution >= 4 is 5.69 Å². The third-order valence-corrected chi connectivity index (χ3v) is 3.13. The van der Waals surface area contributed by atoms with Crippen molar-refractivity contribution < 1.29 is 5.11 Å². The van der Waals surface area contributed by atoms with Crippen LogP contribution >= 0.6 is 0 Å². The molecule has 0 aromatic heterocycles. The number of hydrogen-bond acceptors (Lipinski definition) is 2. The Labute approximate surface area is 91.5 Å². The maximum absolute atomic E-state index is 9.51. The number of β-amino-alcohol motifs (C(OH)–C–C–N with tert-alkyl or cyclic N) is 1. The first-order chi connectivity index (χ1) is 7.18. The average Bonchev–Trinajstić information content (AvgIpc) is 2.22. The van der Waals surface area contributed by atoms with Crippen LogP contribution in [0.25, 0.3) is 0 Å². The highest BCUT2D eigenvalue weighted by molar-refractivity contribution is 5.56. The summed E-state index contributed by atoms with van der Waals surface area (Å²) in [7, 11) is 0. The van der Waals surface area contributed by atoms with Crippen LogP contribution in [0.4, 0.5) is 5.69 Å². The van der Waals surface area contributed by atoms with Gasteiger partial charge in [-0.05, 0) is 38.3 Å². The summed E-state index contributed by atoms with van der Waals surface area (Å²) in [6, 6.07) is 9.06. The minimum atomic E-state index is -0.265. The van der Waals surface area contributed by atoms with E-state index in [0.717, 1.165) is 13.0 Å². The third-order valence-electron chi connectivity index (χ3n) is 3.13. The molecule has 1 heterocycles. The predicted molar refractivity (Wildman–Crippen MR) is 63.3 cm³/mol. The van der Waals surface area contributed by atoms with Crippen LogP contribution in [-0.4, -0.2) is 23.8 Å². The molecular weight excluding hydrogens is 186 g/mol. The fourth-order valence-corrected chi connectivity index (χ4v) is 2.32. The molecule has 0 amide bonds. The van der Waals surface area contributed by atoms with E-state index in [9.17, 15) is 5.11 Å². The van der Waals surface area contributed by atoms with Gasteiger partial charge in [0.05, 0.1) is 6.10 Å². The molecule has 0 radical (unpaired) electrons. The quantitative estimate of drug-likeness (QED) is 0.800. The number of para-hydroxylation sites is 1. The first-order valence-corrected chi connectivity index (χ1v) is 5.71. The van der Waals surface area contributed by atoms with Gasteiger partial charge in [0, 0.05) is 18.3 Å². The van der Waals surface area contributed by atoms with Gasteiger partial charge in [0.2, 0.25) is 0 Å². The second-order valence-corrected chi connectivity index (χ2v) is 4.52. The molecule has 1 aliphatic rings. The fraction of sp³-hybridized carbons (Fsp3) is 0.538. The molecule has 2 rings (SSSR count). The number of aliphatic hydroxyl groups excluding tert-OH is 1. The van der Waals surface area contributed by atoms with Crippen molar-refractivity contribution in [2.75, 3.05) is 11.4 Å².